The molecule has 56 valence electrons. The molecule has 1 aliphatic rings. The average molecular weight is 139 g/mol. The summed E-state index contributed by atoms with van der Waals surface area (Å²) in [5, 5.41) is 0. The van der Waals surface area contributed by atoms with Crippen LogP contribution in [0.2, 0.25) is 0 Å². The first kappa shape index (κ1) is 7.32. The number of hydrogen-bond acceptors (Lipinski definition) is 2. The van der Waals surface area contributed by atoms with Gasteiger partial charge in [-0.1, -0.05) is 13.5 Å². The Morgan fingerprint density at radius 3 is 2.90 bits per heavy atom. The average Bonchev–Trinajstić information content (AvgIpc) is 2.33. The summed E-state index contributed by atoms with van der Waals surface area (Å²) in [5.41, 5.74) is 0.00350. The zero-order chi connectivity index (χ0) is 7.61. The maximum Gasteiger partial charge on any atom is 0.208 e. The molecular formula is C8H13NO. The third-order valence-electron chi connectivity index (χ3n) is 1.85. The smallest absolute Gasteiger partial charge is 0.208 e. The number of hydrogen-bond donors (Lipinski definition) is 0. The lowest BCUT2D eigenvalue weighted by atomic mass is 10.0. The molecule has 1 heterocycles. The van der Waals surface area contributed by atoms with Gasteiger partial charge in [-0.15, -0.1) is 0 Å². The standard InChI is InChI=1S/C8H13NO/c1-4-7-9-8(3,5-2)6-10-7/h4H,1,5-6H2,2-3H3. The van der Waals surface area contributed by atoms with Crippen LogP contribution in [0.5, 0.6) is 0 Å². The fourth-order valence-corrected chi connectivity index (χ4v) is 0.846. The summed E-state index contributed by atoms with van der Waals surface area (Å²) < 4.78 is 5.24. The van der Waals surface area contributed by atoms with Crippen LogP contribution in [0.3, 0.4) is 0 Å². The van der Waals surface area contributed by atoms with Gasteiger partial charge in [0.2, 0.25) is 5.90 Å². The minimum absolute atomic E-state index is 0.00350. The normalized spacial score (nSPS) is 31.2. The molecule has 10 heavy (non-hydrogen) atoms. The predicted molar refractivity (Wildman–Crippen MR) is 42.3 cm³/mol. The Kier molecular flexibility index (Phi) is 1.79. The molecule has 2 nitrogen and oxygen atoms in total. The van der Waals surface area contributed by atoms with E-state index in [4.69, 9.17) is 4.74 Å². The SMILES string of the molecule is C=CC1=NC(C)(CC)CO1. The van der Waals surface area contributed by atoms with Crippen molar-refractivity contribution in [2.75, 3.05) is 6.61 Å². The lowest BCUT2D eigenvalue weighted by Crippen LogP contribution is -2.21. The molecule has 0 spiro atoms. The number of nitrogens with zero attached hydrogens (tertiary/aromatic N) is 1. The van der Waals surface area contributed by atoms with E-state index in [0.717, 1.165) is 6.42 Å². The lowest BCUT2D eigenvalue weighted by Gasteiger charge is -2.13. The van der Waals surface area contributed by atoms with E-state index in [-0.39, 0.29) is 5.54 Å². The lowest BCUT2D eigenvalue weighted by molar-refractivity contribution is 0.263. The first-order valence-corrected chi connectivity index (χ1v) is 3.55. The maximum absolute atomic E-state index is 5.24. The van der Waals surface area contributed by atoms with E-state index in [1.807, 2.05) is 0 Å². The molecule has 0 aromatic carbocycles. The van der Waals surface area contributed by atoms with Crippen molar-refractivity contribution in [3.63, 3.8) is 0 Å². The van der Waals surface area contributed by atoms with Crippen molar-refractivity contribution in [1.82, 2.24) is 0 Å². The quantitative estimate of drug-likeness (QED) is 0.571. The van der Waals surface area contributed by atoms with Gasteiger partial charge >= 0.3 is 0 Å². The van der Waals surface area contributed by atoms with Gasteiger partial charge in [0.05, 0.1) is 5.54 Å². The zero-order valence-corrected chi connectivity index (χ0v) is 6.55. The van der Waals surface area contributed by atoms with Crippen molar-refractivity contribution in [2.45, 2.75) is 25.8 Å². The van der Waals surface area contributed by atoms with Gasteiger partial charge in [0.15, 0.2) is 0 Å². The summed E-state index contributed by atoms with van der Waals surface area (Å²) >= 11 is 0. The van der Waals surface area contributed by atoms with E-state index < -0.39 is 0 Å². The molecule has 2 heteroatoms. The largest absolute Gasteiger partial charge is 0.475 e. The highest BCUT2D eigenvalue weighted by Gasteiger charge is 2.27. The van der Waals surface area contributed by atoms with Gasteiger partial charge < -0.3 is 4.74 Å². The molecule has 0 N–H and O–H groups in total. The van der Waals surface area contributed by atoms with Gasteiger partial charge in [-0.3, -0.25) is 0 Å². The van der Waals surface area contributed by atoms with Crippen LogP contribution in [0.25, 0.3) is 0 Å². The fraction of sp³-hybridized carbons (Fsp3) is 0.625. The third kappa shape index (κ3) is 1.20. The molecule has 1 unspecified atom stereocenters. The second kappa shape index (κ2) is 2.45. The van der Waals surface area contributed by atoms with Crippen molar-refractivity contribution in [3.05, 3.63) is 12.7 Å². The Morgan fingerprint density at radius 2 is 2.60 bits per heavy atom. The third-order valence-corrected chi connectivity index (χ3v) is 1.85. The molecule has 0 fully saturated rings. The van der Waals surface area contributed by atoms with Crippen molar-refractivity contribution in [3.8, 4) is 0 Å². The van der Waals surface area contributed by atoms with Gasteiger partial charge in [-0.05, 0) is 19.4 Å². The van der Waals surface area contributed by atoms with Crippen molar-refractivity contribution in [1.29, 1.82) is 0 Å². The van der Waals surface area contributed by atoms with Crippen molar-refractivity contribution in [2.24, 2.45) is 4.99 Å². The van der Waals surface area contributed by atoms with E-state index in [1.54, 1.807) is 6.08 Å². The molecule has 0 aromatic heterocycles. The van der Waals surface area contributed by atoms with E-state index in [9.17, 15) is 0 Å². The molecule has 0 bridgehead atoms. The van der Waals surface area contributed by atoms with Crippen LogP contribution in [-0.4, -0.2) is 18.0 Å². The molecule has 0 amide bonds. The van der Waals surface area contributed by atoms with Gasteiger partial charge in [0.25, 0.3) is 0 Å². The molecule has 1 rings (SSSR count). The Hall–Kier alpha value is -0.790. The molecule has 0 aliphatic carbocycles. The Bertz CT molecular complexity index is 174. The first-order valence-electron chi connectivity index (χ1n) is 3.55. The molecule has 0 saturated heterocycles. The topological polar surface area (TPSA) is 21.6 Å². The Morgan fingerprint density at radius 1 is 1.90 bits per heavy atom. The minimum atomic E-state index is 0.00350. The molecule has 1 atom stereocenters. The Balaban J connectivity index is 2.70. The van der Waals surface area contributed by atoms with Crippen LogP contribution in [0.1, 0.15) is 20.3 Å². The van der Waals surface area contributed by atoms with E-state index >= 15 is 0 Å². The first-order chi connectivity index (χ1) is 4.70. The van der Waals surface area contributed by atoms with Gasteiger partial charge in [-0.25, -0.2) is 4.99 Å². The summed E-state index contributed by atoms with van der Waals surface area (Å²) in [5.74, 6) is 0.685. The second-order valence-corrected chi connectivity index (χ2v) is 2.79. The van der Waals surface area contributed by atoms with E-state index in [2.05, 4.69) is 25.4 Å². The number of ether oxygens (including phenoxy) is 1. The highest BCUT2D eigenvalue weighted by atomic mass is 16.5. The molecule has 0 saturated carbocycles. The van der Waals surface area contributed by atoms with Crippen molar-refractivity contribution < 1.29 is 4.74 Å². The summed E-state index contributed by atoms with van der Waals surface area (Å²) in [7, 11) is 0. The predicted octanol–water partition coefficient (Wildman–Crippen LogP) is 1.77. The summed E-state index contributed by atoms with van der Waals surface area (Å²) in [6.07, 6.45) is 2.67. The van der Waals surface area contributed by atoms with Crippen LogP contribution < -0.4 is 0 Å². The van der Waals surface area contributed by atoms with E-state index in [0.29, 0.717) is 12.5 Å². The van der Waals surface area contributed by atoms with Crippen LogP contribution >= 0.6 is 0 Å². The van der Waals surface area contributed by atoms with Crippen LogP contribution in [0.4, 0.5) is 0 Å². The van der Waals surface area contributed by atoms with E-state index in [1.165, 1.54) is 0 Å². The molecular weight excluding hydrogens is 126 g/mol. The fourth-order valence-electron chi connectivity index (χ4n) is 0.846. The van der Waals surface area contributed by atoms with Gasteiger partial charge in [0, 0.05) is 0 Å². The summed E-state index contributed by atoms with van der Waals surface area (Å²) in [4.78, 5) is 4.33. The minimum Gasteiger partial charge on any atom is -0.475 e. The van der Waals surface area contributed by atoms with Crippen LogP contribution in [-0.2, 0) is 4.74 Å². The maximum atomic E-state index is 5.24. The monoisotopic (exact) mass is 139 g/mol. The highest BCUT2D eigenvalue weighted by molar-refractivity contribution is 5.88. The van der Waals surface area contributed by atoms with Crippen LogP contribution in [0.15, 0.2) is 17.6 Å². The Labute approximate surface area is 61.6 Å². The number of aliphatic imine (C=N–C) groups is 1. The van der Waals surface area contributed by atoms with Crippen LogP contribution in [0, 0.1) is 0 Å². The molecule has 1 aliphatic heterocycles. The molecule has 0 radical (unpaired) electrons. The summed E-state index contributed by atoms with van der Waals surface area (Å²) in [6, 6.07) is 0. The summed E-state index contributed by atoms with van der Waals surface area (Å²) in [6.45, 7) is 8.48. The number of rotatable bonds is 2. The highest BCUT2D eigenvalue weighted by Crippen LogP contribution is 2.21. The second-order valence-electron chi connectivity index (χ2n) is 2.79. The molecule has 0 aromatic rings. The zero-order valence-electron chi connectivity index (χ0n) is 6.55. The van der Waals surface area contributed by atoms with Gasteiger partial charge in [-0.2, -0.15) is 0 Å². The van der Waals surface area contributed by atoms with Gasteiger partial charge in [0.1, 0.15) is 6.61 Å². The van der Waals surface area contributed by atoms with Crippen molar-refractivity contribution >= 4 is 5.90 Å².